The first kappa shape index (κ1) is 10.7. The molecule has 0 radical (unpaired) electrons. The van der Waals surface area contributed by atoms with Crippen molar-refractivity contribution in [1.82, 2.24) is 5.32 Å². The van der Waals surface area contributed by atoms with Crippen LogP contribution in [0.4, 0.5) is 0 Å². The molecule has 1 aliphatic rings. The minimum absolute atomic E-state index is 0.557. The predicted octanol–water partition coefficient (Wildman–Crippen LogP) is 2.11. The number of hydrogen-bond acceptors (Lipinski definition) is 2. The first-order valence-electron chi connectivity index (χ1n) is 5.36. The van der Waals surface area contributed by atoms with Gasteiger partial charge in [0.15, 0.2) is 0 Å². The van der Waals surface area contributed by atoms with E-state index in [4.69, 9.17) is 4.74 Å². The van der Waals surface area contributed by atoms with E-state index in [-0.39, 0.29) is 0 Å². The summed E-state index contributed by atoms with van der Waals surface area (Å²) in [4.78, 5) is 0. The average Bonchev–Trinajstić information content (AvgIpc) is 2.63. The van der Waals surface area contributed by atoms with Crippen LogP contribution >= 0.6 is 0 Å². The third-order valence-electron chi connectivity index (χ3n) is 2.43. The van der Waals surface area contributed by atoms with E-state index in [1.165, 1.54) is 25.7 Å². The SMILES string of the molecule is C=CCCNCCCC1CCCO1. The molecule has 2 heteroatoms. The summed E-state index contributed by atoms with van der Waals surface area (Å²) in [5, 5.41) is 3.38. The van der Waals surface area contributed by atoms with Gasteiger partial charge in [-0.2, -0.15) is 0 Å². The van der Waals surface area contributed by atoms with Crippen LogP contribution in [0.2, 0.25) is 0 Å². The summed E-state index contributed by atoms with van der Waals surface area (Å²) in [5.41, 5.74) is 0. The summed E-state index contributed by atoms with van der Waals surface area (Å²) in [6, 6.07) is 0. The topological polar surface area (TPSA) is 21.3 Å². The molecule has 1 unspecified atom stereocenters. The third-order valence-corrected chi connectivity index (χ3v) is 2.43. The van der Waals surface area contributed by atoms with Gasteiger partial charge in [-0.25, -0.2) is 0 Å². The van der Waals surface area contributed by atoms with Gasteiger partial charge in [-0.1, -0.05) is 6.08 Å². The first-order chi connectivity index (χ1) is 6.43. The van der Waals surface area contributed by atoms with Gasteiger partial charge in [-0.05, 0) is 45.2 Å². The Balaban J connectivity index is 1.80. The van der Waals surface area contributed by atoms with Crippen molar-refractivity contribution < 1.29 is 4.74 Å². The van der Waals surface area contributed by atoms with Crippen LogP contribution < -0.4 is 5.32 Å². The van der Waals surface area contributed by atoms with Gasteiger partial charge < -0.3 is 10.1 Å². The Morgan fingerprint density at radius 1 is 1.46 bits per heavy atom. The van der Waals surface area contributed by atoms with Crippen LogP contribution in [0.5, 0.6) is 0 Å². The van der Waals surface area contributed by atoms with Crippen molar-refractivity contribution in [2.24, 2.45) is 0 Å². The molecule has 13 heavy (non-hydrogen) atoms. The van der Waals surface area contributed by atoms with Crippen molar-refractivity contribution >= 4 is 0 Å². The summed E-state index contributed by atoms with van der Waals surface area (Å²) >= 11 is 0. The van der Waals surface area contributed by atoms with Crippen LogP contribution in [0.3, 0.4) is 0 Å². The van der Waals surface area contributed by atoms with Crippen LogP contribution in [0.15, 0.2) is 12.7 Å². The summed E-state index contributed by atoms with van der Waals surface area (Å²) in [7, 11) is 0. The number of rotatable bonds is 7. The Kier molecular flexibility index (Phi) is 5.87. The molecule has 1 aliphatic heterocycles. The fraction of sp³-hybridized carbons (Fsp3) is 0.818. The Hall–Kier alpha value is -0.340. The van der Waals surface area contributed by atoms with E-state index in [0.29, 0.717) is 6.10 Å². The van der Waals surface area contributed by atoms with Crippen LogP contribution in [-0.4, -0.2) is 25.8 Å². The molecule has 1 fully saturated rings. The van der Waals surface area contributed by atoms with Gasteiger partial charge in [0, 0.05) is 6.61 Å². The zero-order valence-electron chi connectivity index (χ0n) is 8.43. The highest BCUT2D eigenvalue weighted by Gasteiger charge is 2.13. The monoisotopic (exact) mass is 183 g/mol. The van der Waals surface area contributed by atoms with E-state index < -0.39 is 0 Å². The molecule has 1 heterocycles. The molecule has 0 aliphatic carbocycles. The molecular formula is C11H21NO. The molecule has 0 aromatic carbocycles. The summed E-state index contributed by atoms with van der Waals surface area (Å²) in [6.07, 6.45) is 8.57. The van der Waals surface area contributed by atoms with Gasteiger partial charge in [0.2, 0.25) is 0 Å². The fourth-order valence-electron chi connectivity index (χ4n) is 1.66. The zero-order valence-corrected chi connectivity index (χ0v) is 8.43. The molecule has 0 amide bonds. The van der Waals surface area contributed by atoms with Gasteiger partial charge in [0.1, 0.15) is 0 Å². The Bertz CT molecular complexity index is 130. The van der Waals surface area contributed by atoms with E-state index >= 15 is 0 Å². The predicted molar refractivity (Wildman–Crippen MR) is 55.9 cm³/mol. The lowest BCUT2D eigenvalue weighted by Crippen LogP contribution is -2.17. The molecule has 0 saturated carbocycles. The summed E-state index contributed by atoms with van der Waals surface area (Å²) in [5.74, 6) is 0. The first-order valence-corrected chi connectivity index (χ1v) is 5.36. The Labute approximate surface area is 81.4 Å². The van der Waals surface area contributed by atoms with Crippen LogP contribution in [0, 0.1) is 0 Å². The standard InChI is InChI=1S/C11H21NO/c1-2-3-8-12-9-4-6-11-7-5-10-13-11/h2,11-12H,1,3-10H2. The van der Waals surface area contributed by atoms with Crippen LogP contribution in [0.1, 0.15) is 32.1 Å². The summed E-state index contributed by atoms with van der Waals surface area (Å²) < 4.78 is 5.54. The quantitative estimate of drug-likeness (QED) is 0.482. The van der Waals surface area contributed by atoms with Crippen LogP contribution in [0.25, 0.3) is 0 Å². The molecule has 1 rings (SSSR count). The Morgan fingerprint density at radius 2 is 2.38 bits per heavy atom. The molecule has 0 spiro atoms. The maximum Gasteiger partial charge on any atom is 0.0576 e. The molecular weight excluding hydrogens is 162 g/mol. The maximum atomic E-state index is 5.54. The number of nitrogens with one attached hydrogen (secondary N) is 1. The average molecular weight is 183 g/mol. The van der Waals surface area contributed by atoms with Crippen molar-refractivity contribution in [2.45, 2.75) is 38.2 Å². The minimum atomic E-state index is 0.557. The van der Waals surface area contributed by atoms with Crippen molar-refractivity contribution in [2.75, 3.05) is 19.7 Å². The van der Waals surface area contributed by atoms with Crippen molar-refractivity contribution in [3.63, 3.8) is 0 Å². The van der Waals surface area contributed by atoms with Gasteiger partial charge in [-0.15, -0.1) is 6.58 Å². The van der Waals surface area contributed by atoms with Gasteiger partial charge in [-0.3, -0.25) is 0 Å². The van der Waals surface area contributed by atoms with E-state index in [1.54, 1.807) is 0 Å². The lowest BCUT2D eigenvalue weighted by Gasteiger charge is -2.08. The highest BCUT2D eigenvalue weighted by atomic mass is 16.5. The molecule has 1 atom stereocenters. The molecule has 1 N–H and O–H groups in total. The smallest absolute Gasteiger partial charge is 0.0576 e. The maximum absolute atomic E-state index is 5.54. The fourth-order valence-corrected chi connectivity index (χ4v) is 1.66. The van der Waals surface area contributed by atoms with Gasteiger partial charge in [0.25, 0.3) is 0 Å². The molecule has 0 bridgehead atoms. The van der Waals surface area contributed by atoms with Gasteiger partial charge >= 0.3 is 0 Å². The van der Waals surface area contributed by atoms with E-state index in [9.17, 15) is 0 Å². The normalized spacial score (nSPS) is 22.0. The van der Waals surface area contributed by atoms with Crippen LogP contribution in [-0.2, 0) is 4.74 Å². The molecule has 0 aromatic rings. The second kappa shape index (κ2) is 7.10. The minimum Gasteiger partial charge on any atom is -0.378 e. The van der Waals surface area contributed by atoms with Crippen molar-refractivity contribution in [1.29, 1.82) is 0 Å². The molecule has 2 nitrogen and oxygen atoms in total. The molecule has 1 saturated heterocycles. The van der Waals surface area contributed by atoms with Crippen molar-refractivity contribution in [3.05, 3.63) is 12.7 Å². The van der Waals surface area contributed by atoms with Gasteiger partial charge in [0.05, 0.1) is 6.10 Å². The van der Waals surface area contributed by atoms with E-state index in [2.05, 4.69) is 11.9 Å². The molecule has 76 valence electrons. The largest absolute Gasteiger partial charge is 0.378 e. The summed E-state index contributed by atoms with van der Waals surface area (Å²) in [6.45, 7) is 6.85. The Morgan fingerprint density at radius 3 is 3.08 bits per heavy atom. The van der Waals surface area contributed by atoms with E-state index in [0.717, 1.165) is 26.1 Å². The van der Waals surface area contributed by atoms with Crippen molar-refractivity contribution in [3.8, 4) is 0 Å². The highest BCUT2D eigenvalue weighted by Crippen LogP contribution is 2.16. The second-order valence-electron chi connectivity index (χ2n) is 3.60. The molecule has 0 aromatic heterocycles. The lowest BCUT2D eigenvalue weighted by molar-refractivity contribution is 0.102. The zero-order chi connectivity index (χ0) is 9.36. The third kappa shape index (κ3) is 5.06. The highest BCUT2D eigenvalue weighted by molar-refractivity contribution is 4.68. The number of hydrogen-bond donors (Lipinski definition) is 1. The lowest BCUT2D eigenvalue weighted by atomic mass is 10.1. The second-order valence-corrected chi connectivity index (χ2v) is 3.60. The number of ether oxygens (including phenoxy) is 1. The van der Waals surface area contributed by atoms with E-state index in [1.807, 2.05) is 6.08 Å².